The number of ketones is 2. The molecule has 3 aromatic carbocycles. The molecule has 0 radical (unpaired) electrons. The Morgan fingerprint density at radius 3 is 1.83 bits per heavy atom. The molecule has 1 unspecified atom stereocenters. The standard InChI is InChI=1S/C25H13F6NO2S/c26-24(27,28)15-7-3-5-13(11-15)19-23(20(33)17-9-1-2-10-18(17)21(23)34)22(35-32-19)14-6-4-8-16(12-14)25(29,30)31/h1-12,22H. The molecule has 0 saturated heterocycles. The Morgan fingerprint density at radius 2 is 1.26 bits per heavy atom. The molecule has 1 spiro atoms. The van der Waals surface area contributed by atoms with Crippen LogP contribution in [0.3, 0.4) is 0 Å². The molecular formula is C25H13F6NO2S. The van der Waals surface area contributed by atoms with Gasteiger partial charge in [-0.3, -0.25) is 9.59 Å². The van der Waals surface area contributed by atoms with Gasteiger partial charge in [0.15, 0.2) is 17.0 Å². The van der Waals surface area contributed by atoms with Crippen molar-refractivity contribution in [3.8, 4) is 0 Å². The maximum absolute atomic E-state index is 13.8. The highest BCUT2D eigenvalue weighted by molar-refractivity contribution is 7.99. The van der Waals surface area contributed by atoms with Crippen molar-refractivity contribution >= 4 is 29.2 Å². The fraction of sp³-hybridized carbons (Fsp3) is 0.160. The van der Waals surface area contributed by atoms with Gasteiger partial charge in [0.1, 0.15) is 0 Å². The minimum absolute atomic E-state index is 0.0186. The van der Waals surface area contributed by atoms with E-state index in [4.69, 9.17) is 0 Å². The molecule has 35 heavy (non-hydrogen) atoms. The number of alkyl halides is 6. The number of carbonyl (C=O) groups is 2. The predicted molar refractivity (Wildman–Crippen MR) is 117 cm³/mol. The van der Waals surface area contributed by atoms with Crippen molar-refractivity contribution < 1.29 is 35.9 Å². The van der Waals surface area contributed by atoms with E-state index in [2.05, 4.69) is 4.40 Å². The molecule has 10 heteroatoms. The lowest BCUT2D eigenvalue weighted by Crippen LogP contribution is -2.44. The molecule has 1 heterocycles. The number of rotatable bonds is 2. The van der Waals surface area contributed by atoms with Crippen molar-refractivity contribution in [2.24, 2.45) is 9.81 Å². The maximum Gasteiger partial charge on any atom is 0.416 e. The van der Waals surface area contributed by atoms with Crippen LogP contribution in [0.5, 0.6) is 0 Å². The second-order valence-electron chi connectivity index (χ2n) is 8.14. The van der Waals surface area contributed by atoms with Crippen LogP contribution in [-0.4, -0.2) is 17.3 Å². The van der Waals surface area contributed by atoms with Crippen molar-refractivity contribution in [3.63, 3.8) is 0 Å². The summed E-state index contributed by atoms with van der Waals surface area (Å²) in [5.74, 6) is -1.41. The number of benzene rings is 3. The van der Waals surface area contributed by atoms with E-state index in [9.17, 15) is 35.9 Å². The van der Waals surface area contributed by atoms with E-state index in [1.54, 1.807) is 0 Å². The normalized spacial score (nSPS) is 19.3. The molecule has 0 saturated carbocycles. The van der Waals surface area contributed by atoms with Crippen molar-refractivity contribution in [2.45, 2.75) is 17.6 Å². The highest BCUT2D eigenvalue weighted by atomic mass is 32.2. The summed E-state index contributed by atoms with van der Waals surface area (Å²) in [5.41, 5.74) is -4.27. The van der Waals surface area contributed by atoms with Crippen molar-refractivity contribution in [2.75, 3.05) is 0 Å². The van der Waals surface area contributed by atoms with Crippen LogP contribution < -0.4 is 0 Å². The Kier molecular flexibility index (Phi) is 5.21. The number of hydrogen-bond acceptors (Lipinski definition) is 4. The third kappa shape index (κ3) is 3.50. The Hall–Kier alpha value is -3.40. The minimum atomic E-state index is -4.69. The van der Waals surface area contributed by atoms with Gasteiger partial charge in [0.25, 0.3) is 0 Å². The van der Waals surface area contributed by atoms with Gasteiger partial charge in [-0.15, -0.1) is 0 Å². The summed E-state index contributed by atoms with van der Waals surface area (Å²) in [6.07, 6.45) is -9.37. The number of Topliss-reactive ketones (excluding diaryl/α,β-unsaturated/α-hetero) is 2. The second-order valence-corrected chi connectivity index (χ2v) is 9.00. The van der Waals surface area contributed by atoms with Gasteiger partial charge in [0, 0.05) is 11.1 Å². The smallest absolute Gasteiger partial charge is 0.292 e. The zero-order valence-electron chi connectivity index (χ0n) is 17.4. The minimum Gasteiger partial charge on any atom is -0.292 e. The van der Waals surface area contributed by atoms with Gasteiger partial charge in [-0.1, -0.05) is 54.6 Å². The number of hydrogen-bond donors (Lipinski definition) is 0. The number of fused-ring (bicyclic) bond motifs is 1. The summed E-state index contributed by atoms with van der Waals surface area (Å²) in [6, 6.07) is 14.2. The summed E-state index contributed by atoms with van der Waals surface area (Å²) in [4.78, 5) is 27.6. The van der Waals surface area contributed by atoms with Crippen molar-refractivity contribution in [1.82, 2.24) is 0 Å². The summed E-state index contributed by atoms with van der Waals surface area (Å²) in [5, 5.41) is -1.21. The summed E-state index contributed by atoms with van der Waals surface area (Å²) in [6.45, 7) is 0. The van der Waals surface area contributed by atoms with Crippen LogP contribution in [0.1, 0.15) is 48.2 Å². The number of carbonyl (C=O) groups excluding carboxylic acids is 2. The van der Waals surface area contributed by atoms with E-state index >= 15 is 0 Å². The van der Waals surface area contributed by atoms with Crippen LogP contribution >= 0.6 is 11.9 Å². The van der Waals surface area contributed by atoms with E-state index in [0.29, 0.717) is 11.9 Å². The molecule has 178 valence electrons. The molecular weight excluding hydrogens is 492 g/mol. The van der Waals surface area contributed by atoms with E-state index in [-0.39, 0.29) is 28.0 Å². The van der Waals surface area contributed by atoms with Gasteiger partial charge in [0.2, 0.25) is 0 Å². The first-order valence-electron chi connectivity index (χ1n) is 10.2. The number of halogens is 6. The van der Waals surface area contributed by atoms with Gasteiger partial charge < -0.3 is 0 Å². The summed E-state index contributed by atoms with van der Waals surface area (Å²) >= 11 is 0.703. The van der Waals surface area contributed by atoms with Crippen LogP contribution in [0.2, 0.25) is 0 Å². The third-order valence-corrected chi connectivity index (χ3v) is 7.25. The van der Waals surface area contributed by atoms with Gasteiger partial charge in [0.05, 0.1) is 22.1 Å². The molecule has 0 N–H and O–H groups in total. The summed E-state index contributed by atoms with van der Waals surface area (Å²) < 4.78 is 84.7. The lowest BCUT2D eigenvalue weighted by molar-refractivity contribution is -0.138. The average Bonchev–Trinajstić information content (AvgIpc) is 3.32. The highest BCUT2D eigenvalue weighted by Gasteiger charge is 2.64. The zero-order chi connectivity index (χ0) is 25.2. The lowest BCUT2D eigenvalue weighted by atomic mass is 9.70. The Labute approximate surface area is 199 Å². The molecule has 2 aliphatic rings. The van der Waals surface area contributed by atoms with Crippen molar-refractivity contribution in [3.05, 3.63) is 106 Å². The molecule has 1 aliphatic carbocycles. The topological polar surface area (TPSA) is 46.5 Å². The molecule has 1 atom stereocenters. The Balaban J connectivity index is 1.73. The van der Waals surface area contributed by atoms with E-state index < -0.39 is 45.7 Å². The second kappa shape index (κ2) is 7.81. The van der Waals surface area contributed by atoms with E-state index in [1.807, 2.05) is 0 Å². The molecule has 0 bridgehead atoms. The monoisotopic (exact) mass is 505 g/mol. The largest absolute Gasteiger partial charge is 0.416 e. The first-order valence-corrected chi connectivity index (χ1v) is 11.1. The zero-order valence-corrected chi connectivity index (χ0v) is 18.3. The van der Waals surface area contributed by atoms with Crippen molar-refractivity contribution in [1.29, 1.82) is 0 Å². The molecule has 3 aromatic rings. The van der Waals surface area contributed by atoms with Crippen LogP contribution in [-0.2, 0) is 12.4 Å². The van der Waals surface area contributed by atoms with Crippen LogP contribution in [0.15, 0.2) is 77.2 Å². The molecule has 0 amide bonds. The maximum atomic E-state index is 13.8. The summed E-state index contributed by atoms with van der Waals surface area (Å²) in [7, 11) is 0. The Bertz CT molecular complexity index is 1370. The lowest BCUT2D eigenvalue weighted by Gasteiger charge is -2.29. The average molecular weight is 505 g/mol. The van der Waals surface area contributed by atoms with Gasteiger partial charge in [-0.25, -0.2) is 4.40 Å². The van der Waals surface area contributed by atoms with Crippen LogP contribution in [0, 0.1) is 5.41 Å². The fourth-order valence-corrected chi connectivity index (χ4v) is 5.77. The fourth-order valence-electron chi connectivity index (χ4n) is 4.55. The predicted octanol–water partition coefficient (Wildman–Crippen LogP) is 6.98. The van der Waals surface area contributed by atoms with Gasteiger partial charge in [-0.05, 0) is 41.3 Å². The van der Waals surface area contributed by atoms with Gasteiger partial charge >= 0.3 is 12.4 Å². The Morgan fingerprint density at radius 1 is 0.714 bits per heavy atom. The molecule has 3 nitrogen and oxygen atoms in total. The van der Waals surface area contributed by atoms with Gasteiger partial charge in [-0.2, -0.15) is 26.3 Å². The highest BCUT2D eigenvalue weighted by Crippen LogP contribution is 2.59. The molecule has 0 aromatic heterocycles. The van der Waals surface area contributed by atoms with Crippen LogP contribution in [0.4, 0.5) is 26.3 Å². The third-order valence-electron chi connectivity index (χ3n) is 6.13. The number of nitrogens with zero attached hydrogens (tertiary/aromatic N) is 1. The first kappa shape index (κ1) is 23.3. The quantitative estimate of drug-likeness (QED) is 0.214. The van der Waals surface area contributed by atoms with E-state index in [0.717, 1.165) is 36.4 Å². The molecule has 0 fully saturated rings. The SMILES string of the molecule is O=C1c2ccccc2C(=O)C12C(c1cccc(C(F)(F)F)c1)=NSC2c1cccc(C(F)(F)F)c1. The molecule has 5 rings (SSSR count). The van der Waals surface area contributed by atoms with Crippen LogP contribution in [0.25, 0.3) is 0 Å². The van der Waals surface area contributed by atoms with E-state index in [1.165, 1.54) is 36.4 Å². The first-order chi connectivity index (χ1) is 16.5. The molecule has 1 aliphatic heterocycles.